The first kappa shape index (κ1) is 26.0. The quantitative estimate of drug-likeness (QED) is 0.525. The summed E-state index contributed by atoms with van der Waals surface area (Å²) in [6, 6.07) is 15.6. The van der Waals surface area contributed by atoms with Crippen LogP contribution in [-0.2, 0) is 19.1 Å². The third-order valence-electron chi connectivity index (χ3n) is 5.59. The van der Waals surface area contributed by atoms with Crippen LogP contribution < -0.4 is 5.32 Å². The maximum absolute atomic E-state index is 12.7. The van der Waals surface area contributed by atoms with Gasteiger partial charge in [-0.15, -0.1) is 0 Å². The van der Waals surface area contributed by atoms with Crippen molar-refractivity contribution >= 4 is 18.0 Å². The van der Waals surface area contributed by atoms with E-state index in [1.807, 2.05) is 48.5 Å². The van der Waals surface area contributed by atoms with Gasteiger partial charge in [0.05, 0.1) is 0 Å². The number of hydrogen-bond donors (Lipinski definition) is 2. The molecular formula is C24H25F3N2O6. The number of nitrogens with one attached hydrogen (secondary N) is 1. The Balaban J connectivity index is 1.53. The Bertz CT molecular complexity index is 1030. The molecule has 2 aromatic carbocycles. The third-order valence-corrected chi connectivity index (χ3v) is 5.59. The van der Waals surface area contributed by atoms with Crippen molar-refractivity contribution in [2.45, 2.75) is 24.6 Å². The standard InChI is InChI=1S/C24H25F3N2O6/c1-34-20(22(32)29(12-21(30)31)14-24(25,26)27)10-11-28-23(33)35-13-19-17-8-4-2-6-15(17)16-7-3-5-9-18(16)19/h2-9,19-20H,10-14H2,1H3,(H,28,33)(H,30,31). The van der Waals surface area contributed by atoms with Gasteiger partial charge < -0.3 is 24.8 Å². The van der Waals surface area contributed by atoms with E-state index in [9.17, 15) is 27.6 Å². The number of aliphatic carboxylic acids is 1. The van der Waals surface area contributed by atoms with E-state index in [0.29, 0.717) is 0 Å². The highest BCUT2D eigenvalue weighted by Crippen LogP contribution is 2.44. The largest absolute Gasteiger partial charge is 0.480 e. The Hall–Kier alpha value is -3.60. The Labute approximate surface area is 199 Å². The van der Waals surface area contributed by atoms with Crippen molar-refractivity contribution in [2.24, 2.45) is 0 Å². The van der Waals surface area contributed by atoms with Gasteiger partial charge in [0.2, 0.25) is 0 Å². The Morgan fingerprint density at radius 3 is 2.14 bits per heavy atom. The monoisotopic (exact) mass is 494 g/mol. The SMILES string of the molecule is COC(CCNC(=O)OCC1c2ccccc2-c2ccccc21)C(=O)N(CC(=O)O)CC(F)(F)F. The van der Waals surface area contributed by atoms with Gasteiger partial charge in [-0.05, 0) is 22.3 Å². The van der Waals surface area contributed by atoms with Crippen LogP contribution in [0.1, 0.15) is 23.5 Å². The van der Waals surface area contributed by atoms with Crippen molar-refractivity contribution in [1.29, 1.82) is 0 Å². The van der Waals surface area contributed by atoms with Crippen LogP contribution >= 0.6 is 0 Å². The summed E-state index contributed by atoms with van der Waals surface area (Å²) in [4.78, 5) is 35.7. The summed E-state index contributed by atoms with van der Waals surface area (Å²) in [7, 11) is 1.11. The van der Waals surface area contributed by atoms with E-state index < -0.39 is 43.3 Å². The fourth-order valence-corrected chi connectivity index (χ4v) is 4.09. The molecule has 188 valence electrons. The lowest BCUT2D eigenvalue weighted by atomic mass is 9.98. The predicted molar refractivity (Wildman–Crippen MR) is 119 cm³/mol. The molecule has 11 heteroatoms. The van der Waals surface area contributed by atoms with Crippen LogP contribution in [0, 0.1) is 0 Å². The molecular weight excluding hydrogens is 469 g/mol. The number of fused-ring (bicyclic) bond motifs is 3. The molecule has 0 bridgehead atoms. The van der Waals surface area contributed by atoms with Crippen LogP contribution in [0.5, 0.6) is 0 Å². The normalized spacial score (nSPS) is 13.5. The van der Waals surface area contributed by atoms with Gasteiger partial charge in [-0.1, -0.05) is 48.5 Å². The number of alkyl halides is 3. The molecule has 1 atom stereocenters. The first-order chi connectivity index (χ1) is 16.6. The maximum Gasteiger partial charge on any atom is 0.407 e. The van der Waals surface area contributed by atoms with Gasteiger partial charge in [0, 0.05) is 26.0 Å². The van der Waals surface area contributed by atoms with Crippen LogP contribution in [0.2, 0.25) is 0 Å². The average Bonchev–Trinajstić information content (AvgIpc) is 3.12. The van der Waals surface area contributed by atoms with Gasteiger partial charge in [0.1, 0.15) is 25.8 Å². The number of methoxy groups -OCH3 is 1. The zero-order valence-corrected chi connectivity index (χ0v) is 18.9. The highest BCUT2D eigenvalue weighted by Gasteiger charge is 2.36. The minimum atomic E-state index is -4.77. The number of hydrogen-bond acceptors (Lipinski definition) is 5. The molecule has 0 saturated heterocycles. The zero-order chi connectivity index (χ0) is 25.6. The number of rotatable bonds is 10. The molecule has 0 aromatic heterocycles. The molecule has 8 nitrogen and oxygen atoms in total. The van der Waals surface area contributed by atoms with Crippen molar-refractivity contribution < 1.29 is 42.1 Å². The first-order valence-electron chi connectivity index (χ1n) is 10.8. The molecule has 2 N–H and O–H groups in total. The highest BCUT2D eigenvalue weighted by molar-refractivity contribution is 5.85. The van der Waals surface area contributed by atoms with E-state index in [1.54, 1.807) is 0 Å². The van der Waals surface area contributed by atoms with E-state index in [-0.39, 0.29) is 30.4 Å². The van der Waals surface area contributed by atoms with Crippen LogP contribution in [0.3, 0.4) is 0 Å². The van der Waals surface area contributed by atoms with Gasteiger partial charge in [-0.3, -0.25) is 9.59 Å². The lowest BCUT2D eigenvalue weighted by Crippen LogP contribution is -2.47. The summed E-state index contributed by atoms with van der Waals surface area (Å²) in [6.45, 7) is -2.91. The fourth-order valence-electron chi connectivity index (χ4n) is 4.09. The third kappa shape index (κ3) is 6.72. The van der Waals surface area contributed by atoms with Gasteiger partial charge in [0.15, 0.2) is 0 Å². The number of benzene rings is 2. The molecule has 0 aliphatic heterocycles. The summed E-state index contributed by atoms with van der Waals surface area (Å²) < 4.78 is 48.5. The summed E-state index contributed by atoms with van der Waals surface area (Å²) in [6.07, 6.45) is -7.08. The summed E-state index contributed by atoms with van der Waals surface area (Å²) in [5, 5.41) is 11.3. The molecule has 2 aromatic rings. The van der Waals surface area contributed by atoms with Gasteiger partial charge >= 0.3 is 18.2 Å². The van der Waals surface area contributed by atoms with Crippen molar-refractivity contribution in [3.8, 4) is 11.1 Å². The van der Waals surface area contributed by atoms with Crippen LogP contribution in [0.4, 0.5) is 18.0 Å². The Morgan fingerprint density at radius 1 is 1.06 bits per heavy atom. The Kier molecular flexibility index (Phi) is 8.34. The van der Waals surface area contributed by atoms with E-state index in [2.05, 4.69) is 5.32 Å². The molecule has 0 radical (unpaired) electrons. The number of carbonyl (C=O) groups is 3. The van der Waals surface area contributed by atoms with Crippen LogP contribution in [0.25, 0.3) is 11.1 Å². The van der Waals surface area contributed by atoms with Crippen molar-refractivity contribution in [3.05, 3.63) is 59.7 Å². The minimum Gasteiger partial charge on any atom is -0.480 e. The van der Waals surface area contributed by atoms with Crippen molar-refractivity contribution in [1.82, 2.24) is 10.2 Å². The molecule has 35 heavy (non-hydrogen) atoms. The van der Waals surface area contributed by atoms with Gasteiger partial charge in [-0.25, -0.2) is 4.79 Å². The summed E-state index contributed by atoms with van der Waals surface area (Å²) in [5.41, 5.74) is 4.22. The summed E-state index contributed by atoms with van der Waals surface area (Å²) in [5.74, 6) is -2.87. The maximum atomic E-state index is 12.7. The van der Waals surface area contributed by atoms with Gasteiger partial charge in [0.25, 0.3) is 5.91 Å². The molecule has 0 saturated carbocycles. The van der Waals surface area contributed by atoms with E-state index in [0.717, 1.165) is 29.4 Å². The summed E-state index contributed by atoms with van der Waals surface area (Å²) >= 11 is 0. The Morgan fingerprint density at radius 2 is 1.63 bits per heavy atom. The second-order valence-corrected chi connectivity index (χ2v) is 7.97. The number of carboxylic acids is 1. The molecule has 0 spiro atoms. The molecule has 0 fully saturated rings. The second kappa shape index (κ2) is 11.2. The minimum absolute atomic E-state index is 0.0739. The second-order valence-electron chi connectivity index (χ2n) is 7.97. The number of carboxylic acid groups (broad SMARTS) is 1. The van der Waals surface area contributed by atoms with E-state index >= 15 is 0 Å². The van der Waals surface area contributed by atoms with E-state index in [4.69, 9.17) is 14.6 Å². The lowest BCUT2D eigenvalue weighted by Gasteiger charge is -2.26. The lowest BCUT2D eigenvalue weighted by molar-refractivity contribution is -0.171. The zero-order valence-electron chi connectivity index (χ0n) is 18.9. The smallest absolute Gasteiger partial charge is 0.407 e. The number of halogens is 3. The molecule has 1 unspecified atom stereocenters. The predicted octanol–water partition coefficient (Wildman–Crippen LogP) is 3.41. The number of amides is 2. The molecule has 0 heterocycles. The van der Waals surface area contributed by atoms with Crippen molar-refractivity contribution in [2.75, 3.05) is 33.4 Å². The topological polar surface area (TPSA) is 105 Å². The van der Waals surface area contributed by atoms with Gasteiger partial charge in [-0.2, -0.15) is 13.2 Å². The number of carbonyl (C=O) groups excluding carboxylic acids is 2. The first-order valence-corrected chi connectivity index (χ1v) is 10.8. The number of nitrogens with zero attached hydrogens (tertiary/aromatic N) is 1. The number of ether oxygens (including phenoxy) is 2. The van der Waals surface area contributed by atoms with Crippen LogP contribution in [-0.4, -0.2) is 73.6 Å². The van der Waals surface area contributed by atoms with Crippen LogP contribution in [0.15, 0.2) is 48.5 Å². The number of alkyl carbamates (subject to hydrolysis) is 1. The molecule has 3 rings (SSSR count). The highest BCUT2D eigenvalue weighted by atomic mass is 19.4. The molecule has 2 amide bonds. The van der Waals surface area contributed by atoms with Crippen molar-refractivity contribution in [3.63, 3.8) is 0 Å². The fraction of sp³-hybridized carbons (Fsp3) is 0.375. The average molecular weight is 494 g/mol. The molecule has 1 aliphatic carbocycles. The molecule has 1 aliphatic rings. The van der Waals surface area contributed by atoms with E-state index in [1.165, 1.54) is 0 Å².